The second kappa shape index (κ2) is 14.0. The molecule has 0 saturated heterocycles. The molecule has 4 nitrogen and oxygen atoms in total. The van der Waals surface area contributed by atoms with Crippen LogP contribution >= 0.6 is 0 Å². The molecule has 2 aliphatic carbocycles. The molecule has 162 valence electrons. The number of rotatable bonds is 12. The molecule has 0 aromatic heterocycles. The summed E-state index contributed by atoms with van der Waals surface area (Å²) in [7, 11) is 0. The van der Waals surface area contributed by atoms with Crippen LogP contribution in [0, 0.1) is 17.8 Å². The number of ether oxygens (including phenoxy) is 2. The molecule has 0 aromatic rings. The van der Waals surface area contributed by atoms with Crippen molar-refractivity contribution in [3.8, 4) is 0 Å². The Morgan fingerprint density at radius 3 is 1.86 bits per heavy atom. The van der Waals surface area contributed by atoms with Crippen molar-refractivity contribution >= 4 is 11.9 Å². The van der Waals surface area contributed by atoms with Crippen molar-refractivity contribution in [1.29, 1.82) is 0 Å². The van der Waals surface area contributed by atoms with Crippen molar-refractivity contribution in [2.24, 2.45) is 17.8 Å². The highest BCUT2D eigenvalue weighted by Crippen LogP contribution is 2.32. The van der Waals surface area contributed by atoms with E-state index in [1.165, 1.54) is 57.8 Å². The van der Waals surface area contributed by atoms with Gasteiger partial charge in [-0.2, -0.15) is 0 Å². The molecule has 0 amide bonds. The van der Waals surface area contributed by atoms with Gasteiger partial charge in [-0.3, -0.25) is 9.59 Å². The van der Waals surface area contributed by atoms with Crippen LogP contribution in [0.15, 0.2) is 0 Å². The lowest BCUT2D eigenvalue weighted by atomic mass is 9.79. The average Bonchev–Trinajstić information content (AvgIpc) is 2.73. The number of carbonyl (C=O) groups excluding carboxylic acids is 2. The maximum absolute atomic E-state index is 12.6. The zero-order valence-corrected chi connectivity index (χ0v) is 18.1. The summed E-state index contributed by atoms with van der Waals surface area (Å²) in [5, 5.41) is 0. The molecule has 2 atom stereocenters. The summed E-state index contributed by atoms with van der Waals surface area (Å²) in [6.07, 6.45) is 18.1. The summed E-state index contributed by atoms with van der Waals surface area (Å²) in [6, 6.07) is 0. The van der Waals surface area contributed by atoms with Crippen molar-refractivity contribution in [2.75, 3.05) is 13.2 Å². The van der Waals surface area contributed by atoms with E-state index in [2.05, 4.69) is 6.92 Å². The van der Waals surface area contributed by atoms with E-state index in [0.29, 0.717) is 19.1 Å². The third-order valence-electron chi connectivity index (χ3n) is 6.61. The van der Waals surface area contributed by atoms with E-state index < -0.39 is 0 Å². The minimum absolute atomic E-state index is 0.169. The van der Waals surface area contributed by atoms with Crippen molar-refractivity contribution < 1.29 is 19.1 Å². The van der Waals surface area contributed by atoms with Crippen LogP contribution in [-0.4, -0.2) is 25.2 Å². The van der Waals surface area contributed by atoms with Gasteiger partial charge in [-0.15, -0.1) is 0 Å². The minimum atomic E-state index is -0.295. The van der Waals surface area contributed by atoms with E-state index in [1.807, 2.05) is 0 Å². The van der Waals surface area contributed by atoms with Gasteiger partial charge in [0.05, 0.1) is 25.0 Å². The van der Waals surface area contributed by atoms with E-state index in [-0.39, 0.29) is 23.8 Å². The highest BCUT2D eigenvalue weighted by Gasteiger charge is 2.37. The quantitative estimate of drug-likeness (QED) is 0.292. The van der Waals surface area contributed by atoms with Gasteiger partial charge in [0.1, 0.15) is 0 Å². The molecule has 0 radical (unpaired) electrons. The first-order valence-electron chi connectivity index (χ1n) is 12.1. The Morgan fingerprint density at radius 2 is 1.21 bits per heavy atom. The van der Waals surface area contributed by atoms with Gasteiger partial charge in [-0.05, 0) is 31.6 Å². The maximum atomic E-state index is 12.6. The van der Waals surface area contributed by atoms with E-state index >= 15 is 0 Å². The molecule has 4 heteroatoms. The molecule has 2 saturated carbocycles. The van der Waals surface area contributed by atoms with Gasteiger partial charge in [0.15, 0.2) is 0 Å². The molecular formula is C24H42O4. The number of carbonyl (C=O) groups is 2. The molecule has 28 heavy (non-hydrogen) atoms. The molecule has 2 aliphatic rings. The van der Waals surface area contributed by atoms with Crippen LogP contribution in [0.4, 0.5) is 0 Å². The Kier molecular flexibility index (Phi) is 11.6. The summed E-state index contributed by atoms with van der Waals surface area (Å²) < 4.78 is 11.1. The smallest absolute Gasteiger partial charge is 0.309 e. The molecule has 0 aliphatic heterocycles. The van der Waals surface area contributed by atoms with Gasteiger partial charge in [0.2, 0.25) is 0 Å². The first-order valence-corrected chi connectivity index (χ1v) is 12.1. The Labute approximate surface area is 172 Å². The van der Waals surface area contributed by atoms with Gasteiger partial charge in [0.25, 0.3) is 0 Å². The summed E-state index contributed by atoms with van der Waals surface area (Å²) in [4.78, 5) is 25.1. The van der Waals surface area contributed by atoms with E-state index in [1.54, 1.807) is 0 Å². The van der Waals surface area contributed by atoms with E-state index in [4.69, 9.17) is 9.47 Å². The number of esters is 2. The van der Waals surface area contributed by atoms with Crippen LogP contribution in [0.25, 0.3) is 0 Å². The maximum Gasteiger partial charge on any atom is 0.309 e. The summed E-state index contributed by atoms with van der Waals surface area (Å²) in [6.45, 7) is 3.22. The molecular weight excluding hydrogens is 352 g/mol. The Hall–Kier alpha value is -1.06. The first-order chi connectivity index (χ1) is 13.7. The van der Waals surface area contributed by atoms with Gasteiger partial charge < -0.3 is 9.47 Å². The van der Waals surface area contributed by atoms with E-state index in [9.17, 15) is 9.59 Å². The predicted octanol–water partition coefficient (Wildman–Crippen LogP) is 6.21. The topological polar surface area (TPSA) is 52.6 Å². The molecule has 2 rings (SSSR count). The summed E-state index contributed by atoms with van der Waals surface area (Å²) >= 11 is 0. The van der Waals surface area contributed by atoms with Crippen LogP contribution in [0.1, 0.15) is 110 Å². The summed E-state index contributed by atoms with van der Waals surface area (Å²) in [5.41, 5.74) is 0. The number of hydrogen-bond donors (Lipinski definition) is 0. The normalized spacial score (nSPS) is 23.3. The Bertz CT molecular complexity index is 442. The third-order valence-corrected chi connectivity index (χ3v) is 6.61. The lowest BCUT2D eigenvalue weighted by molar-refractivity contribution is -0.163. The van der Waals surface area contributed by atoms with Crippen LogP contribution < -0.4 is 0 Å². The zero-order chi connectivity index (χ0) is 20.0. The second-order valence-electron chi connectivity index (χ2n) is 8.89. The van der Waals surface area contributed by atoms with Crippen molar-refractivity contribution in [1.82, 2.24) is 0 Å². The van der Waals surface area contributed by atoms with Crippen LogP contribution in [0.3, 0.4) is 0 Å². The Morgan fingerprint density at radius 1 is 0.679 bits per heavy atom. The lowest BCUT2D eigenvalue weighted by Gasteiger charge is -2.28. The lowest BCUT2D eigenvalue weighted by Crippen LogP contribution is -2.35. The number of unbranched alkanes of at least 4 members (excludes halogenated alkanes) is 5. The molecule has 2 fully saturated rings. The standard InChI is InChI=1S/C24H42O4/c1-2-3-4-5-6-12-18-27-23(25)21-15-10-11-16-22(21)24(26)28-19-17-20-13-8-7-9-14-20/h20-22H,2-19H2,1H3. The summed E-state index contributed by atoms with van der Waals surface area (Å²) in [5.74, 6) is -0.223. The number of hydrogen-bond acceptors (Lipinski definition) is 4. The fourth-order valence-corrected chi connectivity index (χ4v) is 4.77. The molecule has 0 heterocycles. The highest BCUT2D eigenvalue weighted by molar-refractivity contribution is 5.82. The van der Waals surface area contributed by atoms with Crippen LogP contribution in [-0.2, 0) is 19.1 Å². The molecule has 0 spiro atoms. The van der Waals surface area contributed by atoms with E-state index in [0.717, 1.165) is 44.9 Å². The SMILES string of the molecule is CCCCCCCCOC(=O)C1CCCCC1C(=O)OCCC1CCCCC1. The zero-order valence-electron chi connectivity index (χ0n) is 18.1. The largest absolute Gasteiger partial charge is 0.465 e. The molecule has 2 unspecified atom stereocenters. The Balaban J connectivity index is 1.66. The molecule has 0 bridgehead atoms. The van der Waals surface area contributed by atoms with Gasteiger partial charge in [-0.1, -0.05) is 84.0 Å². The minimum Gasteiger partial charge on any atom is -0.465 e. The van der Waals surface area contributed by atoms with Crippen LogP contribution in [0.2, 0.25) is 0 Å². The van der Waals surface area contributed by atoms with Crippen molar-refractivity contribution in [3.05, 3.63) is 0 Å². The predicted molar refractivity (Wildman–Crippen MR) is 112 cm³/mol. The van der Waals surface area contributed by atoms with Gasteiger partial charge in [0, 0.05) is 0 Å². The second-order valence-corrected chi connectivity index (χ2v) is 8.89. The van der Waals surface area contributed by atoms with Crippen LogP contribution in [0.5, 0.6) is 0 Å². The molecule has 0 N–H and O–H groups in total. The van der Waals surface area contributed by atoms with Crippen molar-refractivity contribution in [3.63, 3.8) is 0 Å². The van der Waals surface area contributed by atoms with Gasteiger partial charge in [-0.25, -0.2) is 0 Å². The first kappa shape index (κ1) is 23.2. The fraction of sp³-hybridized carbons (Fsp3) is 0.917. The molecule has 0 aromatic carbocycles. The fourth-order valence-electron chi connectivity index (χ4n) is 4.77. The van der Waals surface area contributed by atoms with Crippen molar-refractivity contribution in [2.45, 2.75) is 110 Å². The highest BCUT2D eigenvalue weighted by atomic mass is 16.5. The third kappa shape index (κ3) is 8.53. The van der Waals surface area contributed by atoms with Gasteiger partial charge >= 0.3 is 11.9 Å². The average molecular weight is 395 g/mol. The monoisotopic (exact) mass is 394 g/mol.